The summed E-state index contributed by atoms with van der Waals surface area (Å²) in [5.41, 5.74) is 1.25. The molecule has 3 aliphatic rings. The molecule has 3 aliphatic heterocycles. The summed E-state index contributed by atoms with van der Waals surface area (Å²) < 4.78 is 5.08. The molecule has 8 nitrogen and oxygen atoms in total. The maximum Gasteiger partial charge on any atom is 0.311 e. The highest BCUT2D eigenvalue weighted by Crippen LogP contribution is 2.32. The van der Waals surface area contributed by atoms with Crippen LogP contribution in [0.1, 0.15) is 37.2 Å². The average Bonchev–Trinajstić information content (AvgIpc) is 3.54. The van der Waals surface area contributed by atoms with Crippen LogP contribution in [0.25, 0.3) is 0 Å². The van der Waals surface area contributed by atoms with E-state index in [0.717, 1.165) is 32.4 Å². The number of aliphatic imine (C=N–C) groups is 1. The maximum atomic E-state index is 13.5. The third-order valence-corrected chi connectivity index (χ3v) is 7.03. The van der Waals surface area contributed by atoms with Crippen LogP contribution in [0.4, 0.5) is 0 Å². The van der Waals surface area contributed by atoms with Crippen LogP contribution in [-0.4, -0.2) is 78.9 Å². The van der Waals surface area contributed by atoms with Gasteiger partial charge >= 0.3 is 5.97 Å². The molecule has 3 saturated heterocycles. The van der Waals surface area contributed by atoms with Gasteiger partial charge in [0, 0.05) is 45.2 Å². The lowest BCUT2D eigenvalue weighted by molar-refractivity contribution is -0.155. The molecule has 32 heavy (non-hydrogen) atoms. The van der Waals surface area contributed by atoms with Crippen LogP contribution in [0.15, 0.2) is 35.3 Å². The monoisotopic (exact) mass is 437 g/mol. The Morgan fingerprint density at radius 3 is 2.38 bits per heavy atom. The molecule has 0 aliphatic carbocycles. The number of likely N-dealkylation sites (tertiary alicyclic amines) is 3. The smallest absolute Gasteiger partial charge is 0.311 e. The third-order valence-electron chi connectivity index (χ3n) is 7.03. The van der Waals surface area contributed by atoms with E-state index < -0.39 is 11.8 Å². The Balaban J connectivity index is 1.47. The molecule has 8 heteroatoms. The number of esters is 1. The fraction of sp³-hybridized carbons (Fsp3) is 0.583. The van der Waals surface area contributed by atoms with Crippen molar-refractivity contribution in [3.8, 4) is 6.19 Å². The zero-order valence-corrected chi connectivity index (χ0v) is 18.7. The van der Waals surface area contributed by atoms with E-state index in [4.69, 9.17) is 4.74 Å². The number of rotatable bonds is 3. The number of carbonyl (C=O) groups excluding carboxylic acids is 2. The van der Waals surface area contributed by atoms with E-state index in [-0.39, 0.29) is 11.9 Å². The zero-order chi connectivity index (χ0) is 22.5. The SMILES string of the molecule is COC(=O)[C@H]1CN(C(=NC#N)N2CCCC2)CC[C@@H]1C(=O)N1CC[C@H](c2ccccc2)C1. The minimum Gasteiger partial charge on any atom is -0.469 e. The predicted octanol–water partition coefficient (Wildman–Crippen LogP) is 2.05. The van der Waals surface area contributed by atoms with Gasteiger partial charge in [-0.25, -0.2) is 0 Å². The van der Waals surface area contributed by atoms with Gasteiger partial charge in [-0.2, -0.15) is 5.26 Å². The summed E-state index contributed by atoms with van der Waals surface area (Å²) in [6, 6.07) is 10.3. The van der Waals surface area contributed by atoms with E-state index in [1.807, 2.05) is 34.2 Å². The highest BCUT2D eigenvalue weighted by atomic mass is 16.5. The molecule has 0 radical (unpaired) electrons. The molecule has 1 aromatic carbocycles. The van der Waals surface area contributed by atoms with E-state index in [1.165, 1.54) is 12.7 Å². The first-order chi connectivity index (χ1) is 15.6. The van der Waals surface area contributed by atoms with Crippen molar-refractivity contribution in [1.82, 2.24) is 14.7 Å². The first-order valence-corrected chi connectivity index (χ1v) is 11.5. The second-order valence-electron chi connectivity index (χ2n) is 8.86. The third kappa shape index (κ3) is 4.57. The zero-order valence-electron chi connectivity index (χ0n) is 18.7. The Labute approximate surface area is 189 Å². The van der Waals surface area contributed by atoms with Crippen molar-refractivity contribution in [2.24, 2.45) is 16.8 Å². The molecule has 3 atom stereocenters. The van der Waals surface area contributed by atoms with Gasteiger partial charge in [-0.15, -0.1) is 4.99 Å². The topological polar surface area (TPSA) is 89.2 Å². The molecule has 3 heterocycles. The van der Waals surface area contributed by atoms with Crippen molar-refractivity contribution in [2.75, 3.05) is 46.4 Å². The second-order valence-corrected chi connectivity index (χ2v) is 8.86. The Kier molecular flexibility index (Phi) is 6.93. The number of hydrogen-bond donors (Lipinski definition) is 0. The lowest BCUT2D eigenvalue weighted by atomic mass is 9.84. The van der Waals surface area contributed by atoms with Gasteiger partial charge < -0.3 is 19.4 Å². The number of carbonyl (C=O) groups is 2. The number of nitrogens with zero attached hydrogens (tertiary/aromatic N) is 5. The number of guanidine groups is 1. The second kappa shape index (κ2) is 10.0. The fourth-order valence-corrected chi connectivity index (χ4v) is 5.31. The largest absolute Gasteiger partial charge is 0.469 e. The Morgan fingerprint density at radius 2 is 1.69 bits per heavy atom. The van der Waals surface area contributed by atoms with Gasteiger partial charge in [-0.1, -0.05) is 30.3 Å². The summed E-state index contributed by atoms with van der Waals surface area (Å²) >= 11 is 0. The molecule has 0 aromatic heterocycles. The first-order valence-electron chi connectivity index (χ1n) is 11.5. The van der Waals surface area contributed by atoms with Gasteiger partial charge in [0.05, 0.1) is 18.9 Å². The van der Waals surface area contributed by atoms with Crippen LogP contribution < -0.4 is 0 Å². The molecule has 0 bridgehead atoms. The maximum absolute atomic E-state index is 13.5. The minimum atomic E-state index is -0.566. The van der Waals surface area contributed by atoms with Crippen molar-refractivity contribution >= 4 is 17.8 Å². The Hall–Kier alpha value is -3.08. The van der Waals surface area contributed by atoms with Crippen LogP contribution in [0.5, 0.6) is 0 Å². The summed E-state index contributed by atoms with van der Waals surface area (Å²) in [6.07, 6.45) is 5.53. The standard InChI is InChI=1S/C24H31N5O3/c1-32-23(31)21-16-29(24(26-17-25)27-11-5-6-12-27)14-10-20(21)22(30)28-13-9-19(15-28)18-7-3-2-4-8-18/h2-4,7-8,19-21H,5-6,9-16H2,1H3/t19-,20-,21-/m0/s1. The van der Waals surface area contributed by atoms with Crippen molar-refractivity contribution in [3.05, 3.63) is 35.9 Å². The molecule has 170 valence electrons. The Morgan fingerprint density at radius 1 is 0.969 bits per heavy atom. The predicted molar refractivity (Wildman–Crippen MR) is 119 cm³/mol. The summed E-state index contributed by atoms with van der Waals surface area (Å²) in [5, 5.41) is 9.21. The van der Waals surface area contributed by atoms with E-state index in [0.29, 0.717) is 44.5 Å². The van der Waals surface area contributed by atoms with Crippen molar-refractivity contribution < 1.29 is 14.3 Å². The average molecular weight is 438 g/mol. The molecule has 0 unspecified atom stereocenters. The number of piperidine rings is 1. The van der Waals surface area contributed by atoms with Gasteiger partial charge in [-0.05, 0) is 31.2 Å². The summed E-state index contributed by atoms with van der Waals surface area (Å²) in [7, 11) is 1.37. The molecule has 0 saturated carbocycles. The summed E-state index contributed by atoms with van der Waals surface area (Å²) in [4.78, 5) is 36.2. The first kappa shape index (κ1) is 22.1. The summed E-state index contributed by atoms with van der Waals surface area (Å²) in [5.74, 6) is -0.349. The number of nitriles is 1. The molecular weight excluding hydrogens is 406 g/mol. The minimum absolute atomic E-state index is 0.0402. The van der Waals surface area contributed by atoms with Crippen molar-refractivity contribution in [3.63, 3.8) is 0 Å². The number of ether oxygens (including phenoxy) is 1. The molecule has 0 spiro atoms. The van der Waals surface area contributed by atoms with Gasteiger partial charge in [0.1, 0.15) is 0 Å². The van der Waals surface area contributed by atoms with Crippen LogP contribution in [0, 0.1) is 23.3 Å². The van der Waals surface area contributed by atoms with E-state index in [9.17, 15) is 14.9 Å². The van der Waals surface area contributed by atoms with E-state index in [2.05, 4.69) is 22.0 Å². The van der Waals surface area contributed by atoms with Gasteiger partial charge in [0.15, 0.2) is 0 Å². The van der Waals surface area contributed by atoms with Crippen LogP contribution in [-0.2, 0) is 14.3 Å². The quantitative estimate of drug-likeness (QED) is 0.311. The molecule has 0 N–H and O–H groups in total. The highest BCUT2D eigenvalue weighted by Gasteiger charge is 2.43. The van der Waals surface area contributed by atoms with Crippen LogP contribution in [0.2, 0.25) is 0 Å². The number of benzene rings is 1. The number of hydrogen-bond acceptors (Lipinski definition) is 5. The van der Waals surface area contributed by atoms with E-state index in [1.54, 1.807) is 0 Å². The highest BCUT2D eigenvalue weighted by molar-refractivity contribution is 5.88. The number of methoxy groups -OCH3 is 1. The van der Waals surface area contributed by atoms with Crippen molar-refractivity contribution in [1.29, 1.82) is 5.26 Å². The summed E-state index contributed by atoms with van der Waals surface area (Å²) in [6.45, 7) is 4.05. The van der Waals surface area contributed by atoms with Crippen LogP contribution in [0.3, 0.4) is 0 Å². The number of amides is 1. The van der Waals surface area contributed by atoms with Crippen molar-refractivity contribution in [2.45, 2.75) is 31.6 Å². The molecule has 1 aromatic rings. The van der Waals surface area contributed by atoms with Crippen LogP contribution >= 0.6 is 0 Å². The fourth-order valence-electron chi connectivity index (χ4n) is 5.31. The van der Waals surface area contributed by atoms with Gasteiger partial charge in [0.25, 0.3) is 0 Å². The molecule has 1 amide bonds. The molecule has 4 rings (SSSR count). The molecular formula is C24H31N5O3. The molecule has 3 fully saturated rings. The lowest BCUT2D eigenvalue weighted by Gasteiger charge is -2.40. The lowest BCUT2D eigenvalue weighted by Crippen LogP contribution is -2.54. The van der Waals surface area contributed by atoms with Gasteiger partial charge in [-0.3, -0.25) is 9.59 Å². The normalized spacial score (nSPS) is 26.2. The van der Waals surface area contributed by atoms with Gasteiger partial charge in [0.2, 0.25) is 18.1 Å². The Bertz CT molecular complexity index is 891. The van der Waals surface area contributed by atoms with E-state index >= 15 is 0 Å².